The minimum Gasteiger partial charge on any atom is -0.482 e. The molecule has 0 bridgehead atoms. The topological polar surface area (TPSA) is 50.4 Å². The Bertz CT molecular complexity index is 523. The van der Waals surface area contributed by atoms with E-state index in [4.69, 9.17) is 4.74 Å². The van der Waals surface area contributed by atoms with Crippen LogP contribution in [-0.4, -0.2) is 19.1 Å². The Morgan fingerprint density at radius 1 is 1.45 bits per heavy atom. The first-order valence-corrected chi connectivity index (χ1v) is 7.42. The molecule has 1 aromatic carbocycles. The molecule has 3 rings (SSSR count). The molecular formula is C16H22N2O2. The van der Waals surface area contributed by atoms with Gasteiger partial charge < -0.3 is 15.4 Å². The molecular weight excluding hydrogens is 252 g/mol. The van der Waals surface area contributed by atoms with Crippen LogP contribution in [0.2, 0.25) is 0 Å². The lowest BCUT2D eigenvalue weighted by molar-refractivity contribution is -0.118. The van der Waals surface area contributed by atoms with E-state index in [1.54, 1.807) is 0 Å². The Morgan fingerprint density at radius 3 is 2.95 bits per heavy atom. The fraction of sp³-hybridized carbons (Fsp3) is 0.562. The lowest BCUT2D eigenvalue weighted by Crippen LogP contribution is -2.28. The predicted octanol–water partition coefficient (Wildman–Crippen LogP) is 2.86. The number of nitrogens with one attached hydrogen (secondary N) is 2. The fourth-order valence-corrected chi connectivity index (χ4v) is 2.69. The monoisotopic (exact) mass is 274 g/mol. The van der Waals surface area contributed by atoms with E-state index in [0.717, 1.165) is 18.0 Å². The molecule has 0 saturated heterocycles. The average Bonchev–Trinajstić information content (AvgIpc) is 3.24. The molecule has 1 heterocycles. The minimum atomic E-state index is -0.0850. The smallest absolute Gasteiger partial charge is 0.262 e. The Morgan fingerprint density at radius 2 is 2.25 bits per heavy atom. The van der Waals surface area contributed by atoms with E-state index in [9.17, 15) is 4.79 Å². The molecule has 0 spiro atoms. The third-order valence-corrected chi connectivity index (χ3v) is 4.63. The second-order valence-corrected chi connectivity index (χ2v) is 6.05. The van der Waals surface area contributed by atoms with Crippen LogP contribution in [0.1, 0.15) is 44.7 Å². The summed E-state index contributed by atoms with van der Waals surface area (Å²) in [5.74, 6) is 0.672. The van der Waals surface area contributed by atoms with E-state index >= 15 is 0 Å². The van der Waals surface area contributed by atoms with Gasteiger partial charge in [-0.1, -0.05) is 13.0 Å². The summed E-state index contributed by atoms with van der Waals surface area (Å²) < 4.78 is 5.38. The molecule has 4 heteroatoms. The maximum Gasteiger partial charge on any atom is 0.262 e. The van der Waals surface area contributed by atoms with Gasteiger partial charge in [0.15, 0.2) is 6.61 Å². The maximum atomic E-state index is 11.4. The molecule has 1 atom stereocenters. The predicted molar refractivity (Wildman–Crippen MR) is 78.9 cm³/mol. The number of rotatable bonds is 5. The van der Waals surface area contributed by atoms with Gasteiger partial charge in [0.25, 0.3) is 5.91 Å². The zero-order chi connectivity index (χ0) is 14.2. The van der Waals surface area contributed by atoms with Crippen LogP contribution in [0.5, 0.6) is 5.75 Å². The molecule has 2 aliphatic rings. The molecule has 20 heavy (non-hydrogen) atoms. The first-order chi connectivity index (χ1) is 9.62. The number of anilines is 1. The molecule has 4 nitrogen and oxygen atoms in total. The summed E-state index contributed by atoms with van der Waals surface area (Å²) in [6.45, 7) is 5.62. The van der Waals surface area contributed by atoms with Gasteiger partial charge in [-0.3, -0.25) is 4.79 Å². The van der Waals surface area contributed by atoms with E-state index in [1.165, 1.54) is 24.8 Å². The molecule has 1 unspecified atom stereocenters. The summed E-state index contributed by atoms with van der Waals surface area (Å²) in [6, 6.07) is 6.30. The molecule has 0 radical (unpaired) electrons. The van der Waals surface area contributed by atoms with Crippen LogP contribution in [-0.2, 0) is 4.79 Å². The van der Waals surface area contributed by atoms with Crippen LogP contribution >= 0.6 is 0 Å². The van der Waals surface area contributed by atoms with Gasteiger partial charge in [0, 0.05) is 12.6 Å². The Balaban J connectivity index is 1.67. The van der Waals surface area contributed by atoms with Crippen molar-refractivity contribution in [1.29, 1.82) is 0 Å². The van der Waals surface area contributed by atoms with E-state index < -0.39 is 0 Å². The third-order valence-electron chi connectivity index (χ3n) is 4.63. The Labute approximate surface area is 119 Å². The summed E-state index contributed by atoms with van der Waals surface area (Å²) >= 11 is 0. The summed E-state index contributed by atoms with van der Waals surface area (Å²) in [7, 11) is 0. The first-order valence-electron chi connectivity index (χ1n) is 7.42. The van der Waals surface area contributed by atoms with Crippen molar-refractivity contribution in [3.63, 3.8) is 0 Å². The van der Waals surface area contributed by atoms with Gasteiger partial charge in [0.05, 0.1) is 5.69 Å². The zero-order valence-electron chi connectivity index (χ0n) is 12.2. The van der Waals surface area contributed by atoms with Crippen LogP contribution in [0.15, 0.2) is 18.2 Å². The van der Waals surface area contributed by atoms with Crippen LogP contribution in [0.3, 0.4) is 0 Å². The molecule has 1 saturated carbocycles. The quantitative estimate of drug-likeness (QED) is 0.868. The number of benzene rings is 1. The maximum absolute atomic E-state index is 11.4. The van der Waals surface area contributed by atoms with Gasteiger partial charge in [-0.25, -0.2) is 0 Å². The number of fused-ring (bicyclic) bond motifs is 1. The van der Waals surface area contributed by atoms with Crippen LogP contribution in [0.25, 0.3) is 0 Å². The Kier molecular flexibility index (Phi) is 3.42. The number of hydrogen-bond acceptors (Lipinski definition) is 3. The van der Waals surface area contributed by atoms with Gasteiger partial charge >= 0.3 is 0 Å². The number of hydrogen-bond donors (Lipinski definition) is 2. The fourth-order valence-electron chi connectivity index (χ4n) is 2.69. The van der Waals surface area contributed by atoms with Crippen molar-refractivity contribution in [1.82, 2.24) is 5.32 Å². The van der Waals surface area contributed by atoms with Crippen LogP contribution < -0.4 is 15.4 Å². The lowest BCUT2D eigenvalue weighted by Gasteiger charge is -2.22. The van der Waals surface area contributed by atoms with Gasteiger partial charge in [0.2, 0.25) is 0 Å². The largest absolute Gasteiger partial charge is 0.482 e. The van der Waals surface area contributed by atoms with Crippen LogP contribution in [0.4, 0.5) is 5.69 Å². The number of carbonyl (C=O) groups excluding carboxylic acids is 1. The average molecular weight is 274 g/mol. The minimum absolute atomic E-state index is 0.0850. The van der Waals surface area contributed by atoms with Crippen molar-refractivity contribution in [3.8, 4) is 5.75 Å². The van der Waals surface area contributed by atoms with Gasteiger partial charge in [-0.15, -0.1) is 0 Å². The normalized spacial score (nSPS) is 20.6. The van der Waals surface area contributed by atoms with Crippen molar-refractivity contribution in [2.75, 3.05) is 18.5 Å². The highest BCUT2D eigenvalue weighted by atomic mass is 16.5. The van der Waals surface area contributed by atoms with Crippen molar-refractivity contribution >= 4 is 11.6 Å². The SMILES string of the molecule is CCC1(CNC(C)c2ccc3c(c2)NC(=O)CO3)CC1. The highest BCUT2D eigenvalue weighted by molar-refractivity contribution is 5.95. The molecule has 1 amide bonds. The van der Waals surface area contributed by atoms with E-state index in [1.807, 2.05) is 12.1 Å². The number of carbonyl (C=O) groups is 1. The van der Waals surface area contributed by atoms with Crippen molar-refractivity contribution in [3.05, 3.63) is 23.8 Å². The first kappa shape index (κ1) is 13.4. The van der Waals surface area contributed by atoms with Crippen molar-refractivity contribution in [2.45, 2.75) is 39.2 Å². The summed E-state index contributed by atoms with van der Waals surface area (Å²) in [4.78, 5) is 11.4. The molecule has 1 fully saturated rings. The van der Waals surface area contributed by atoms with Gasteiger partial charge in [-0.05, 0) is 49.3 Å². The summed E-state index contributed by atoms with van der Waals surface area (Å²) in [5.41, 5.74) is 2.50. The van der Waals surface area contributed by atoms with Crippen LogP contribution in [0, 0.1) is 5.41 Å². The molecule has 1 aliphatic carbocycles. The number of ether oxygens (including phenoxy) is 1. The highest BCUT2D eigenvalue weighted by Gasteiger charge is 2.40. The molecule has 2 N–H and O–H groups in total. The third kappa shape index (κ3) is 2.66. The van der Waals surface area contributed by atoms with E-state index in [-0.39, 0.29) is 18.6 Å². The Hall–Kier alpha value is -1.55. The summed E-state index contributed by atoms with van der Waals surface area (Å²) in [5, 5.41) is 6.48. The van der Waals surface area contributed by atoms with Gasteiger partial charge in [0.1, 0.15) is 5.75 Å². The second kappa shape index (κ2) is 5.09. The highest BCUT2D eigenvalue weighted by Crippen LogP contribution is 2.48. The van der Waals surface area contributed by atoms with Gasteiger partial charge in [-0.2, -0.15) is 0 Å². The van der Waals surface area contributed by atoms with E-state index in [2.05, 4.69) is 30.5 Å². The van der Waals surface area contributed by atoms with E-state index in [0.29, 0.717) is 5.41 Å². The number of amides is 1. The molecule has 1 aromatic rings. The standard InChI is InChI=1S/C16H22N2O2/c1-3-16(6-7-16)10-17-11(2)12-4-5-14-13(8-12)18-15(19)9-20-14/h4-5,8,11,17H,3,6-7,9-10H2,1-2H3,(H,18,19). The zero-order valence-corrected chi connectivity index (χ0v) is 12.2. The molecule has 108 valence electrons. The molecule has 1 aliphatic heterocycles. The van der Waals surface area contributed by atoms with Crippen molar-refractivity contribution in [2.24, 2.45) is 5.41 Å². The lowest BCUT2D eigenvalue weighted by atomic mass is 10.0. The summed E-state index contributed by atoms with van der Waals surface area (Å²) in [6.07, 6.45) is 3.94. The second-order valence-electron chi connectivity index (χ2n) is 6.05. The van der Waals surface area contributed by atoms with Crippen molar-refractivity contribution < 1.29 is 9.53 Å². The molecule has 0 aromatic heterocycles.